The third kappa shape index (κ3) is 5.72. The fourth-order valence-electron chi connectivity index (χ4n) is 1.89. The standard InChI is InChI=1S/C14H24N2O2S/c1-3-4-5-6-7-11(2)18-10-12-8-9-19-13(12)14(17)16-15/h8-9,11H,3-7,10,15H2,1-2H3,(H,16,17). The van der Waals surface area contributed by atoms with Crippen LogP contribution in [0.3, 0.4) is 0 Å². The van der Waals surface area contributed by atoms with Crippen molar-refractivity contribution in [2.45, 2.75) is 58.7 Å². The minimum Gasteiger partial charge on any atom is -0.374 e. The molecule has 1 rings (SSSR count). The minimum absolute atomic E-state index is 0.227. The number of nitrogens with one attached hydrogen (secondary N) is 1. The van der Waals surface area contributed by atoms with Gasteiger partial charge in [-0.2, -0.15) is 0 Å². The van der Waals surface area contributed by atoms with E-state index in [0.717, 1.165) is 12.0 Å². The highest BCUT2D eigenvalue weighted by Gasteiger charge is 2.13. The molecule has 1 aromatic heterocycles. The molecular weight excluding hydrogens is 260 g/mol. The molecule has 0 spiro atoms. The highest BCUT2D eigenvalue weighted by atomic mass is 32.1. The summed E-state index contributed by atoms with van der Waals surface area (Å²) in [6.45, 7) is 4.77. The van der Waals surface area contributed by atoms with Gasteiger partial charge in [-0.1, -0.05) is 32.6 Å². The van der Waals surface area contributed by atoms with E-state index in [1.54, 1.807) is 0 Å². The third-order valence-corrected chi connectivity index (χ3v) is 4.03. The van der Waals surface area contributed by atoms with Crippen LogP contribution in [0.1, 0.15) is 61.2 Å². The highest BCUT2D eigenvalue weighted by Crippen LogP contribution is 2.19. The van der Waals surface area contributed by atoms with Crippen molar-refractivity contribution in [3.63, 3.8) is 0 Å². The molecular formula is C14H24N2O2S. The second-order valence-electron chi connectivity index (χ2n) is 4.72. The molecule has 0 bridgehead atoms. The number of amides is 1. The number of carbonyl (C=O) groups excluding carboxylic acids is 1. The second kappa shape index (κ2) is 9.07. The lowest BCUT2D eigenvalue weighted by atomic mass is 10.1. The molecule has 1 unspecified atom stereocenters. The number of nitrogens with two attached hydrogens (primary N) is 1. The van der Waals surface area contributed by atoms with E-state index >= 15 is 0 Å². The summed E-state index contributed by atoms with van der Waals surface area (Å²) in [5, 5.41) is 1.88. The number of thiophene rings is 1. The van der Waals surface area contributed by atoms with Gasteiger partial charge in [-0.05, 0) is 24.8 Å². The van der Waals surface area contributed by atoms with Crippen LogP contribution in [0.25, 0.3) is 0 Å². The number of nitrogen functional groups attached to an aromatic ring is 1. The zero-order valence-electron chi connectivity index (χ0n) is 11.8. The average Bonchev–Trinajstić information content (AvgIpc) is 2.89. The summed E-state index contributed by atoms with van der Waals surface area (Å²) in [4.78, 5) is 12.1. The maximum atomic E-state index is 11.5. The SMILES string of the molecule is CCCCCCC(C)OCc1ccsc1C(=O)NN. The molecule has 0 saturated heterocycles. The lowest BCUT2D eigenvalue weighted by Crippen LogP contribution is -2.30. The van der Waals surface area contributed by atoms with E-state index in [2.05, 4.69) is 19.3 Å². The quantitative estimate of drug-likeness (QED) is 0.317. The molecule has 1 aromatic rings. The minimum atomic E-state index is -0.246. The number of hydrogen-bond donors (Lipinski definition) is 2. The van der Waals surface area contributed by atoms with Crippen LogP contribution in [0.2, 0.25) is 0 Å². The van der Waals surface area contributed by atoms with E-state index in [4.69, 9.17) is 10.6 Å². The van der Waals surface area contributed by atoms with Gasteiger partial charge >= 0.3 is 0 Å². The summed E-state index contributed by atoms with van der Waals surface area (Å²) in [5.41, 5.74) is 3.07. The van der Waals surface area contributed by atoms with Crippen LogP contribution >= 0.6 is 11.3 Å². The molecule has 108 valence electrons. The lowest BCUT2D eigenvalue weighted by molar-refractivity contribution is 0.0455. The van der Waals surface area contributed by atoms with Crippen molar-refractivity contribution < 1.29 is 9.53 Å². The van der Waals surface area contributed by atoms with Gasteiger partial charge in [0.2, 0.25) is 0 Å². The van der Waals surface area contributed by atoms with Crippen molar-refractivity contribution in [2.75, 3.05) is 0 Å². The molecule has 0 fully saturated rings. The van der Waals surface area contributed by atoms with Gasteiger partial charge in [0.1, 0.15) is 0 Å². The predicted octanol–water partition coefficient (Wildman–Crippen LogP) is 3.23. The Hall–Kier alpha value is -0.910. The summed E-state index contributed by atoms with van der Waals surface area (Å²) in [7, 11) is 0. The summed E-state index contributed by atoms with van der Waals surface area (Å²) in [6, 6.07) is 1.92. The number of rotatable bonds is 9. The zero-order valence-corrected chi connectivity index (χ0v) is 12.6. The molecule has 5 heteroatoms. The first kappa shape index (κ1) is 16.1. The number of ether oxygens (including phenoxy) is 1. The Balaban J connectivity index is 2.32. The van der Waals surface area contributed by atoms with E-state index in [1.165, 1.54) is 37.0 Å². The molecule has 0 saturated carbocycles. The van der Waals surface area contributed by atoms with Gasteiger partial charge in [-0.25, -0.2) is 5.84 Å². The second-order valence-corrected chi connectivity index (χ2v) is 5.64. The molecule has 1 atom stereocenters. The van der Waals surface area contributed by atoms with Crippen LogP contribution in [-0.4, -0.2) is 12.0 Å². The molecule has 4 nitrogen and oxygen atoms in total. The van der Waals surface area contributed by atoms with Crippen molar-refractivity contribution in [1.82, 2.24) is 5.43 Å². The van der Waals surface area contributed by atoms with Crippen molar-refractivity contribution >= 4 is 17.2 Å². The Morgan fingerprint density at radius 1 is 1.47 bits per heavy atom. The van der Waals surface area contributed by atoms with E-state index in [1.807, 2.05) is 11.4 Å². The van der Waals surface area contributed by atoms with E-state index in [-0.39, 0.29) is 12.0 Å². The van der Waals surface area contributed by atoms with Crippen LogP contribution < -0.4 is 11.3 Å². The molecule has 0 radical (unpaired) electrons. The molecule has 3 N–H and O–H groups in total. The molecule has 0 aliphatic carbocycles. The van der Waals surface area contributed by atoms with Crippen LogP contribution in [0, 0.1) is 0 Å². The van der Waals surface area contributed by atoms with E-state index in [9.17, 15) is 4.79 Å². The Kier molecular flexibility index (Phi) is 7.70. The Morgan fingerprint density at radius 3 is 2.95 bits per heavy atom. The van der Waals surface area contributed by atoms with Crippen molar-refractivity contribution in [3.8, 4) is 0 Å². The predicted molar refractivity (Wildman–Crippen MR) is 79.0 cm³/mol. The van der Waals surface area contributed by atoms with Gasteiger partial charge in [0.25, 0.3) is 5.91 Å². The molecule has 1 amide bonds. The maximum Gasteiger partial charge on any atom is 0.275 e. The van der Waals surface area contributed by atoms with Crippen LogP contribution in [0.4, 0.5) is 0 Å². The average molecular weight is 284 g/mol. The molecule has 0 aromatic carbocycles. The molecule has 0 aliphatic rings. The zero-order chi connectivity index (χ0) is 14.1. The number of hydrogen-bond acceptors (Lipinski definition) is 4. The highest BCUT2D eigenvalue weighted by molar-refractivity contribution is 7.12. The first-order chi connectivity index (χ1) is 9.19. The summed E-state index contributed by atoms with van der Waals surface area (Å²) < 4.78 is 5.79. The maximum absolute atomic E-state index is 11.5. The summed E-state index contributed by atoms with van der Waals surface area (Å²) in [6.07, 6.45) is 6.31. The molecule has 1 heterocycles. The van der Waals surface area contributed by atoms with Crippen LogP contribution in [0.15, 0.2) is 11.4 Å². The molecule has 0 aliphatic heterocycles. The number of carbonyl (C=O) groups is 1. The van der Waals surface area contributed by atoms with Crippen LogP contribution in [-0.2, 0) is 11.3 Å². The van der Waals surface area contributed by atoms with E-state index < -0.39 is 0 Å². The van der Waals surface area contributed by atoms with E-state index in [0.29, 0.717) is 11.5 Å². The van der Waals surface area contributed by atoms with Crippen molar-refractivity contribution in [3.05, 3.63) is 21.9 Å². The van der Waals surface area contributed by atoms with Gasteiger partial charge in [0, 0.05) is 5.56 Å². The first-order valence-corrected chi connectivity index (χ1v) is 7.75. The van der Waals surface area contributed by atoms with Gasteiger partial charge in [-0.15, -0.1) is 11.3 Å². The van der Waals surface area contributed by atoms with Gasteiger partial charge in [0.15, 0.2) is 0 Å². The topological polar surface area (TPSA) is 64.3 Å². The summed E-state index contributed by atoms with van der Waals surface area (Å²) in [5.74, 6) is 4.90. The monoisotopic (exact) mass is 284 g/mol. The van der Waals surface area contributed by atoms with Crippen LogP contribution in [0.5, 0.6) is 0 Å². The molecule has 19 heavy (non-hydrogen) atoms. The largest absolute Gasteiger partial charge is 0.374 e. The van der Waals surface area contributed by atoms with Crippen molar-refractivity contribution in [1.29, 1.82) is 0 Å². The normalized spacial score (nSPS) is 12.4. The Labute approximate surface area is 119 Å². The third-order valence-electron chi connectivity index (χ3n) is 3.07. The fraction of sp³-hybridized carbons (Fsp3) is 0.643. The number of unbranched alkanes of at least 4 members (excludes halogenated alkanes) is 3. The number of hydrazine groups is 1. The smallest absolute Gasteiger partial charge is 0.275 e. The lowest BCUT2D eigenvalue weighted by Gasteiger charge is -2.13. The Morgan fingerprint density at radius 2 is 2.26 bits per heavy atom. The Bertz CT molecular complexity index is 379. The fourth-order valence-corrected chi connectivity index (χ4v) is 2.70. The van der Waals surface area contributed by atoms with Crippen molar-refractivity contribution in [2.24, 2.45) is 5.84 Å². The summed E-state index contributed by atoms with van der Waals surface area (Å²) >= 11 is 1.39. The van der Waals surface area contributed by atoms with Gasteiger partial charge < -0.3 is 4.74 Å². The van der Waals surface area contributed by atoms with Gasteiger partial charge in [0.05, 0.1) is 17.6 Å². The van der Waals surface area contributed by atoms with Gasteiger partial charge in [-0.3, -0.25) is 10.2 Å². The first-order valence-electron chi connectivity index (χ1n) is 6.88.